The summed E-state index contributed by atoms with van der Waals surface area (Å²) < 4.78 is 7.00. The number of hydrogen-bond acceptors (Lipinski definition) is 5. The van der Waals surface area contributed by atoms with Crippen LogP contribution in [-0.4, -0.2) is 26.6 Å². The third-order valence-electron chi connectivity index (χ3n) is 4.70. The Bertz CT molecular complexity index is 985. The van der Waals surface area contributed by atoms with E-state index in [1.807, 2.05) is 6.07 Å². The third-order valence-corrected chi connectivity index (χ3v) is 4.70. The van der Waals surface area contributed by atoms with Crippen LogP contribution in [0.4, 0.5) is 5.69 Å². The van der Waals surface area contributed by atoms with E-state index in [0.29, 0.717) is 23.2 Å². The number of primary amides is 1. The van der Waals surface area contributed by atoms with E-state index >= 15 is 0 Å². The molecule has 0 atom stereocenters. The van der Waals surface area contributed by atoms with Gasteiger partial charge in [-0.3, -0.25) is 9.59 Å². The molecule has 0 aliphatic heterocycles. The summed E-state index contributed by atoms with van der Waals surface area (Å²) in [6.45, 7) is 0. The van der Waals surface area contributed by atoms with Gasteiger partial charge in [-0.25, -0.2) is 9.67 Å². The van der Waals surface area contributed by atoms with Gasteiger partial charge in [0.2, 0.25) is 0 Å². The average Bonchev–Trinajstić information content (AvgIpc) is 3.42. The fraction of sp³-hybridized carbons (Fsp3) is 0.263. The number of hydrogen-bond donors (Lipinski definition) is 2. The van der Waals surface area contributed by atoms with Crippen molar-refractivity contribution in [1.82, 2.24) is 14.8 Å². The fourth-order valence-corrected chi connectivity index (χ4v) is 3.31. The molecule has 0 radical (unpaired) electrons. The third kappa shape index (κ3) is 3.46. The van der Waals surface area contributed by atoms with Gasteiger partial charge in [0.1, 0.15) is 12.0 Å². The van der Waals surface area contributed by atoms with E-state index in [2.05, 4.69) is 15.4 Å². The van der Waals surface area contributed by atoms with Crippen molar-refractivity contribution < 1.29 is 14.0 Å². The van der Waals surface area contributed by atoms with Crippen LogP contribution >= 0.6 is 0 Å². The molecule has 4 rings (SSSR count). The molecule has 2 heterocycles. The summed E-state index contributed by atoms with van der Waals surface area (Å²) in [5.41, 5.74) is 6.78. The monoisotopic (exact) mass is 365 g/mol. The minimum atomic E-state index is -0.614. The zero-order valence-electron chi connectivity index (χ0n) is 14.6. The van der Waals surface area contributed by atoms with Crippen molar-refractivity contribution in [3.63, 3.8) is 0 Å². The van der Waals surface area contributed by atoms with Crippen molar-refractivity contribution in [3.8, 4) is 5.69 Å². The standard InChI is InChI=1S/C19H19N5O3/c20-17(25)14-9-10-24(23-14)16-8-4-3-7-13(16)21-18(26)15-11-27-19(22-15)12-5-1-2-6-12/h3-4,7-12H,1-2,5-6H2,(H2,20,25)(H,21,26). The first kappa shape index (κ1) is 17.0. The molecule has 138 valence electrons. The van der Waals surface area contributed by atoms with Gasteiger partial charge < -0.3 is 15.5 Å². The Morgan fingerprint density at radius 1 is 1.15 bits per heavy atom. The maximum atomic E-state index is 12.6. The van der Waals surface area contributed by atoms with Crippen LogP contribution in [0.2, 0.25) is 0 Å². The van der Waals surface area contributed by atoms with Crippen LogP contribution in [0.15, 0.2) is 47.2 Å². The molecule has 0 spiro atoms. The Labute approximate surface area is 155 Å². The predicted octanol–water partition coefficient (Wildman–Crippen LogP) is 2.87. The van der Waals surface area contributed by atoms with Crippen molar-refractivity contribution >= 4 is 17.5 Å². The van der Waals surface area contributed by atoms with E-state index in [0.717, 1.165) is 12.8 Å². The van der Waals surface area contributed by atoms with Crippen molar-refractivity contribution in [2.24, 2.45) is 5.73 Å². The number of nitrogens with two attached hydrogens (primary N) is 1. The van der Waals surface area contributed by atoms with Crippen LogP contribution in [0, 0.1) is 0 Å². The zero-order chi connectivity index (χ0) is 18.8. The molecule has 2 amide bonds. The molecule has 1 fully saturated rings. The summed E-state index contributed by atoms with van der Waals surface area (Å²) in [7, 11) is 0. The number of aromatic nitrogens is 3. The first-order valence-electron chi connectivity index (χ1n) is 8.83. The van der Waals surface area contributed by atoms with E-state index < -0.39 is 5.91 Å². The molecule has 0 unspecified atom stereocenters. The largest absolute Gasteiger partial charge is 0.448 e. The van der Waals surface area contributed by atoms with Gasteiger partial charge in [-0.05, 0) is 31.0 Å². The van der Waals surface area contributed by atoms with Gasteiger partial charge in [-0.1, -0.05) is 25.0 Å². The molecule has 8 nitrogen and oxygen atoms in total. The summed E-state index contributed by atoms with van der Waals surface area (Å²) in [6.07, 6.45) is 7.43. The Morgan fingerprint density at radius 2 is 1.93 bits per heavy atom. The molecule has 1 aromatic carbocycles. The van der Waals surface area contributed by atoms with E-state index in [1.54, 1.807) is 24.4 Å². The molecule has 1 aliphatic rings. The summed E-state index contributed by atoms with van der Waals surface area (Å²) in [5.74, 6) is -0.0470. The van der Waals surface area contributed by atoms with Crippen molar-refractivity contribution in [1.29, 1.82) is 0 Å². The molecule has 0 saturated heterocycles. The van der Waals surface area contributed by atoms with E-state index in [-0.39, 0.29) is 17.3 Å². The highest BCUT2D eigenvalue weighted by Gasteiger charge is 2.23. The first-order chi connectivity index (χ1) is 13.1. The van der Waals surface area contributed by atoms with Crippen molar-refractivity contribution in [2.45, 2.75) is 31.6 Å². The Hall–Kier alpha value is -3.42. The lowest BCUT2D eigenvalue weighted by atomic mass is 10.1. The SMILES string of the molecule is NC(=O)c1ccn(-c2ccccc2NC(=O)c2coc(C3CCCC3)n2)n1. The smallest absolute Gasteiger partial charge is 0.277 e. The zero-order valence-corrected chi connectivity index (χ0v) is 14.6. The number of carbonyl (C=O) groups is 2. The molecule has 1 saturated carbocycles. The first-order valence-corrected chi connectivity index (χ1v) is 8.83. The topological polar surface area (TPSA) is 116 Å². The number of anilines is 1. The highest BCUT2D eigenvalue weighted by atomic mass is 16.3. The van der Waals surface area contributed by atoms with Gasteiger partial charge >= 0.3 is 0 Å². The van der Waals surface area contributed by atoms with E-state index in [4.69, 9.17) is 10.2 Å². The Balaban J connectivity index is 1.55. The second-order valence-corrected chi connectivity index (χ2v) is 6.53. The van der Waals surface area contributed by atoms with Crippen molar-refractivity contribution in [2.75, 3.05) is 5.32 Å². The van der Waals surface area contributed by atoms with Crippen LogP contribution < -0.4 is 11.1 Å². The van der Waals surface area contributed by atoms with Crippen LogP contribution in [-0.2, 0) is 0 Å². The number of carbonyl (C=O) groups excluding carboxylic acids is 2. The Morgan fingerprint density at radius 3 is 2.67 bits per heavy atom. The van der Waals surface area contributed by atoms with Crippen LogP contribution in [0.3, 0.4) is 0 Å². The second kappa shape index (κ2) is 7.06. The van der Waals surface area contributed by atoms with Crippen LogP contribution in [0.25, 0.3) is 5.69 Å². The van der Waals surface area contributed by atoms with Crippen LogP contribution in [0.1, 0.15) is 58.5 Å². The highest BCUT2D eigenvalue weighted by molar-refractivity contribution is 6.03. The van der Waals surface area contributed by atoms with E-state index in [1.165, 1.54) is 29.9 Å². The van der Waals surface area contributed by atoms with Gasteiger partial charge in [-0.2, -0.15) is 5.10 Å². The average molecular weight is 365 g/mol. The van der Waals surface area contributed by atoms with Gasteiger partial charge in [0, 0.05) is 12.1 Å². The minimum Gasteiger partial charge on any atom is -0.448 e. The van der Waals surface area contributed by atoms with Gasteiger partial charge in [0.25, 0.3) is 11.8 Å². The van der Waals surface area contributed by atoms with Gasteiger partial charge in [-0.15, -0.1) is 0 Å². The summed E-state index contributed by atoms with van der Waals surface area (Å²) in [4.78, 5) is 28.2. The number of amides is 2. The van der Waals surface area contributed by atoms with Gasteiger partial charge in [0.15, 0.2) is 11.6 Å². The lowest BCUT2D eigenvalue weighted by Gasteiger charge is -2.10. The second-order valence-electron chi connectivity index (χ2n) is 6.53. The lowest BCUT2D eigenvalue weighted by molar-refractivity contribution is 0.0992. The molecule has 27 heavy (non-hydrogen) atoms. The number of nitrogens with one attached hydrogen (secondary N) is 1. The molecule has 0 bridgehead atoms. The van der Waals surface area contributed by atoms with E-state index in [9.17, 15) is 9.59 Å². The highest BCUT2D eigenvalue weighted by Crippen LogP contribution is 2.33. The lowest BCUT2D eigenvalue weighted by Crippen LogP contribution is -2.15. The molecule has 2 aromatic heterocycles. The number of benzene rings is 1. The summed E-state index contributed by atoms with van der Waals surface area (Å²) >= 11 is 0. The fourth-order valence-electron chi connectivity index (χ4n) is 3.31. The minimum absolute atomic E-state index is 0.147. The Kier molecular flexibility index (Phi) is 4.45. The molecular formula is C19H19N5O3. The number of para-hydroxylation sites is 2. The number of oxazole rings is 1. The predicted molar refractivity (Wildman–Crippen MR) is 97.7 cm³/mol. The summed E-state index contributed by atoms with van der Waals surface area (Å²) in [6, 6.07) is 8.65. The summed E-state index contributed by atoms with van der Waals surface area (Å²) in [5, 5.41) is 6.96. The van der Waals surface area contributed by atoms with Crippen molar-refractivity contribution in [3.05, 3.63) is 60.1 Å². The molecular weight excluding hydrogens is 346 g/mol. The normalized spacial score (nSPS) is 14.4. The molecule has 8 heteroatoms. The number of nitrogens with zero attached hydrogens (tertiary/aromatic N) is 3. The molecule has 3 N–H and O–H groups in total. The molecule has 1 aliphatic carbocycles. The molecule has 3 aromatic rings. The number of rotatable bonds is 5. The maximum Gasteiger partial charge on any atom is 0.277 e. The maximum absolute atomic E-state index is 12.6. The van der Waals surface area contributed by atoms with Gasteiger partial charge in [0.05, 0.1) is 11.4 Å². The van der Waals surface area contributed by atoms with Crippen LogP contribution in [0.5, 0.6) is 0 Å². The quantitative estimate of drug-likeness (QED) is 0.721.